The van der Waals surface area contributed by atoms with Gasteiger partial charge in [-0.2, -0.15) is 0 Å². The maximum Gasteiger partial charge on any atom is 0.184 e. The molecule has 0 amide bonds. The first-order valence-corrected chi connectivity index (χ1v) is 14.8. The van der Waals surface area contributed by atoms with Gasteiger partial charge in [0.15, 0.2) is 9.84 Å². The Balaban J connectivity index is 1.39. The summed E-state index contributed by atoms with van der Waals surface area (Å²) in [4.78, 5) is 3.23. The zero-order chi connectivity index (χ0) is 25.1. The molecule has 3 aromatic carbocycles. The van der Waals surface area contributed by atoms with Crippen LogP contribution in [-0.4, -0.2) is 50.9 Å². The van der Waals surface area contributed by atoms with Crippen LogP contribution in [0.25, 0.3) is 21.2 Å². The number of rotatable bonds is 8. The molecular weight excluding hydrogens is 494 g/mol. The van der Waals surface area contributed by atoms with E-state index in [1.165, 1.54) is 36.9 Å². The van der Waals surface area contributed by atoms with E-state index in [1.807, 2.05) is 42.5 Å². The van der Waals surface area contributed by atoms with E-state index in [0.717, 1.165) is 46.6 Å². The zero-order valence-corrected chi connectivity index (χ0v) is 21.8. The second-order valence-electron chi connectivity index (χ2n) is 9.06. The second kappa shape index (κ2) is 10.5. The van der Waals surface area contributed by atoms with E-state index < -0.39 is 9.84 Å². The normalized spacial score (nSPS) is 14.7. The van der Waals surface area contributed by atoms with Crippen molar-refractivity contribution in [2.24, 2.45) is 0 Å². The van der Waals surface area contributed by atoms with Crippen molar-refractivity contribution in [3.05, 3.63) is 66.7 Å². The predicted octanol–water partition coefficient (Wildman–Crippen LogP) is 6.33. The van der Waals surface area contributed by atoms with Crippen LogP contribution in [-0.2, 0) is 9.84 Å². The highest BCUT2D eigenvalue weighted by atomic mass is 32.2. The van der Waals surface area contributed by atoms with Crippen LogP contribution in [0, 0.1) is 0 Å². The second-order valence-corrected chi connectivity index (χ2v) is 12.4. The van der Waals surface area contributed by atoms with Crippen molar-refractivity contribution in [2.45, 2.75) is 23.5 Å². The largest absolute Gasteiger partial charge is 0.508 e. The van der Waals surface area contributed by atoms with Crippen LogP contribution in [0.1, 0.15) is 19.3 Å². The highest BCUT2D eigenvalue weighted by molar-refractivity contribution is 7.92. The van der Waals surface area contributed by atoms with Crippen molar-refractivity contribution in [3.8, 4) is 33.4 Å². The van der Waals surface area contributed by atoms with Gasteiger partial charge in [-0.15, -0.1) is 11.3 Å². The number of phenolic OH excluding ortho intramolecular Hbond substituents is 1. The van der Waals surface area contributed by atoms with Gasteiger partial charge in [-0.25, -0.2) is 8.42 Å². The maximum atomic E-state index is 12.0. The number of ether oxygens (including phenoxy) is 2. The molecule has 1 N–H and O–H groups in total. The number of aromatic hydroxyl groups is 1. The van der Waals surface area contributed by atoms with Crippen LogP contribution in [0.2, 0.25) is 0 Å². The molecule has 5 rings (SSSR count). The Labute approximate surface area is 215 Å². The van der Waals surface area contributed by atoms with Gasteiger partial charge in [0, 0.05) is 28.6 Å². The van der Waals surface area contributed by atoms with Crippen molar-refractivity contribution >= 4 is 31.9 Å². The van der Waals surface area contributed by atoms with Gasteiger partial charge >= 0.3 is 0 Å². The van der Waals surface area contributed by atoms with Gasteiger partial charge in [0.25, 0.3) is 0 Å². The average Bonchev–Trinajstić information content (AvgIpc) is 3.37. The fourth-order valence-corrected chi connectivity index (χ4v) is 6.40. The molecule has 6 nitrogen and oxygen atoms in total. The highest BCUT2D eigenvalue weighted by Gasteiger charge is 2.17. The highest BCUT2D eigenvalue weighted by Crippen LogP contribution is 2.43. The molecule has 188 valence electrons. The number of thiophene rings is 1. The molecule has 36 heavy (non-hydrogen) atoms. The van der Waals surface area contributed by atoms with Crippen LogP contribution in [0.3, 0.4) is 0 Å². The third-order valence-corrected chi connectivity index (χ3v) is 9.27. The third-order valence-electron chi connectivity index (χ3n) is 6.33. The summed E-state index contributed by atoms with van der Waals surface area (Å²) in [5.74, 6) is 2.20. The Hall–Kier alpha value is -3.07. The van der Waals surface area contributed by atoms with Crippen molar-refractivity contribution in [3.63, 3.8) is 0 Å². The summed E-state index contributed by atoms with van der Waals surface area (Å²) >= 11 is 1.21. The number of likely N-dealkylation sites (tertiary alicyclic amines) is 1. The minimum atomic E-state index is -3.30. The van der Waals surface area contributed by atoms with E-state index in [9.17, 15) is 13.5 Å². The van der Waals surface area contributed by atoms with Crippen LogP contribution >= 0.6 is 11.3 Å². The monoisotopic (exact) mass is 523 g/mol. The molecule has 1 aromatic heterocycles. The lowest BCUT2D eigenvalue weighted by Gasteiger charge is -2.26. The smallest absolute Gasteiger partial charge is 0.184 e. The first-order valence-electron chi connectivity index (χ1n) is 12.1. The minimum absolute atomic E-state index is 0.169. The van der Waals surface area contributed by atoms with Gasteiger partial charge in [0.1, 0.15) is 33.8 Å². The summed E-state index contributed by atoms with van der Waals surface area (Å²) in [5.41, 5.74) is 0.787. The molecule has 0 unspecified atom stereocenters. The minimum Gasteiger partial charge on any atom is -0.508 e. The number of fused-ring (bicyclic) bond motifs is 1. The molecule has 2 heterocycles. The van der Waals surface area contributed by atoms with E-state index >= 15 is 0 Å². The predicted molar refractivity (Wildman–Crippen MR) is 144 cm³/mol. The summed E-state index contributed by atoms with van der Waals surface area (Å²) in [6, 6.07) is 19.9. The lowest BCUT2D eigenvalue weighted by Crippen LogP contribution is -2.33. The number of piperidine rings is 1. The Morgan fingerprint density at radius 1 is 0.917 bits per heavy atom. The first kappa shape index (κ1) is 24.6. The van der Waals surface area contributed by atoms with E-state index in [0.29, 0.717) is 22.3 Å². The van der Waals surface area contributed by atoms with Crippen LogP contribution in [0.5, 0.6) is 23.0 Å². The fourth-order valence-electron chi connectivity index (χ4n) is 4.45. The molecule has 0 saturated carbocycles. The molecule has 1 aliphatic heterocycles. The maximum absolute atomic E-state index is 12.0. The Kier molecular flexibility index (Phi) is 7.18. The third kappa shape index (κ3) is 5.67. The molecule has 0 radical (unpaired) electrons. The van der Waals surface area contributed by atoms with E-state index in [4.69, 9.17) is 9.47 Å². The number of nitrogens with zero attached hydrogens (tertiary/aromatic N) is 1. The molecule has 1 saturated heterocycles. The van der Waals surface area contributed by atoms with Gasteiger partial charge in [-0.3, -0.25) is 4.90 Å². The molecular formula is C28H29NO5S2. The van der Waals surface area contributed by atoms with Crippen molar-refractivity contribution in [1.29, 1.82) is 0 Å². The Morgan fingerprint density at radius 3 is 2.39 bits per heavy atom. The van der Waals surface area contributed by atoms with Gasteiger partial charge in [-0.1, -0.05) is 12.5 Å². The average molecular weight is 524 g/mol. The van der Waals surface area contributed by atoms with Gasteiger partial charge < -0.3 is 14.6 Å². The summed E-state index contributed by atoms with van der Waals surface area (Å²) in [5, 5.41) is 11.6. The van der Waals surface area contributed by atoms with Crippen LogP contribution < -0.4 is 9.47 Å². The fraction of sp³-hybridized carbons (Fsp3) is 0.286. The lowest BCUT2D eigenvalue weighted by atomic mass is 10.0. The molecule has 0 bridgehead atoms. The number of phenols is 1. The van der Waals surface area contributed by atoms with Crippen LogP contribution in [0.4, 0.5) is 0 Å². The van der Waals surface area contributed by atoms with E-state index in [2.05, 4.69) is 4.90 Å². The number of hydrogen-bond donors (Lipinski definition) is 1. The summed E-state index contributed by atoms with van der Waals surface area (Å²) in [7, 11) is -3.30. The molecule has 1 aliphatic rings. The Morgan fingerprint density at radius 2 is 1.67 bits per heavy atom. The zero-order valence-electron chi connectivity index (χ0n) is 20.1. The van der Waals surface area contributed by atoms with Crippen molar-refractivity contribution < 1.29 is 23.0 Å². The molecule has 0 aliphatic carbocycles. The number of benzene rings is 3. The standard InChI is InChI=1S/C28H29NO5S2/c1-36(31,32)27-14-13-26(35-27)25-11-5-20-19-21(30)6-12-24(20)28(25)34-23-9-7-22(8-10-23)33-18-17-29-15-3-2-4-16-29/h5-14,19,30H,2-4,15-18H2,1H3. The SMILES string of the molecule is CS(=O)(=O)c1ccc(-c2ccc3cc(O)ccc3c2Oc2ccc(OCCN3CCCCC3)cc2)s1. The summed E-state index contributed by atoms with van der Waals surface area (Å²) in [6.45, 7) is 3.88. The van der Waals surface area contributed by atoms with Gasteiger partial charge in [0.2, 0.25) is 0 Å². The molecule has 1 fully saturated rings. The van der Waals surface area contributed by atoms with E-state index in [1.54, 1.807) is 24.3 Å². The number of hydrogen-bond acceptors (Lipinski definition) is 7. The Bertz CT molecular complexity index is 1460. The molecule has 0 spiro atoms. The van der Waals surface area contributed by atoms with Crippen molar-refractivity contribution in [1.82, 2.24) is 4.90 Å². The van der Waals surface area contributed by atoms with Gasteiger partial charge in [-0.05, 0) is 92.0 Å². The summed E-state index contributed by atoms with van der Waals surface area (Å²) < 4.78 is 36.7. The topological polar surface area (TPSA) is 76.1 Å². The molecule has 8 heteroatoms. The molecule has 0 atom stereocenters. The van der Waals surface area contributed by atoms with Crippen molar-refractivity contribution in [2.75, 3.05) is 32.5 Å². The quantitative estimate of drug-likeness (QED) is 0.291. The van der Waals surface area contributed by atoms with Gasteiger partial charge in [0.05, 0.1) is 0 Å². The number of sulfone groups is 1. The van der Waals surface area contributed by atoms with E-state index in [-0.39, 0.29) is 5.75 Å². The summed E-state index contributed by atoms with van der Waals surface area (Å²) in [6.07, 6.45) is 5.06. The molecule has 4 aromatic rings. The lowest BCUT2D eigenvalue weighted by molar-refractivity contribution is 0.183. The van der Waals surface area contributed by atoms with Crippen LogP contribution in [0.15, 0.2) is 70.9 Å². The first-order chi connectivity index (χ1) is 17.4.